The fourth-order valence-electron chi connectivity index (χ4n) is 2.33. The lowest BCUT2D eigenvalue weighted by Crippen LogP contribution is -2.15. The fraction of sp³-hybridized carbons (Fsp3) is 0.417. The van der Waals surface area contributed by atoms with Crippen LogP contribution in [-0.4, -0.2) is 22.9 Å². The van der Waals surface area contributed by atoms with Crippen LogP contribution in [0.3, 0.4) is 0 Å². The third-order valence-electron chi connectivity index (χ3n) is 3.23. The number of nitrogens with zero attached hydrogens (tertiary/aromatic N) is 2. The first kappa shape index (κ1) is 9.78. The molecule has 2 aromatic rings. The SMILES string of the molecule is Fc1cccc2c1cnn2CC1CCNC1. The van der Waals surface area contributed by atoms with Crippen molar-refractivity contribution in [1.29, 1.82) is 0 Å². The van der Waals surface area contributed by atoms with Crippen LogP contribution in [0, 0.1) is 11.7 Å². The van der Waals surface area contributed by atoms with Crippen LogP contribution >= 0.6 is 0 Å². The smallest absolute Gasteiger partial charge is 0.134 e. The minimum absolute atomic E-state index is 0.187. The quantitative estimate of drug-likeness (QED) is 0.834. The second-order valence-electron chi connectivity index (χ2n) is 4.36. The number of halogens is 1. The Labute approximate surface area is 93.3 Å². The summed E-state index contributed by atoms with van der Waals surface area (Å²) < 4.78 is 15.4. The Balaban J connectivity index is 1.94. The second kappa shape index (κ2) is 3.87. The molecule has 1 fully saturated rings. The van der Waals surface area contributed by atoms with Crippen LogP contribution in [0.15, 0.2) is 24.4 Å². The van der Waals surface area contributed by atoms with Crippen LogP contribution in [0.5, 0.6) is 0 Å². The Morgan fingerprint density at radius 1 is 1.50 bits per heavy atom. The Morgan fingerprint density at radius 3 is 3.25 bits per heavy atom. The van der Waals surface area contributed by atoms with E-state index in [0.29, 0.717) is 11.3 Å². The van der Waals surface area contributed by atoms with Gasteiger partial charge in [-0.3, -0.25) is 4.68 Å². The summed E-state index contributed by atoms with van der Waals surface area (Å²) >= 11 is 0. The molecule has 84 valence electrons. The summed E-state index contributed by atoms with van der Waals surface area (Å²) in [5.74, 6) is 0.430. The van der Waals surface area contributed by atoms with Crippen molar-refractivity contribution >= 4 is 10.9 Å². The van der Waals surface area contributed by atoms with E-state index in [1.165, 1.54) is 12.5 Å². The van der Waals surface area contributed by atoms with Crippen molar-refractivity contribution in [3.05, 3.63) is 30.2 Å². The molecule has 1 unspecified atom stereocenters. The van der Waals surface area contributed by atoms with Crippen molar-refractivity contribution < 1.29 is 4.39 Å². The van der Waals surface area contributed by atoms with Crippen LogP contribution in [0.1, 0.15) is 6.42 Å². The van der Waals surface area contributed by atoms with Crippen LogP contribution in [0.4, 0.5) is 4.39 Å². The zero-order valence-electron chi connectivity index (χ0n) is 8.99. The van der Waals surface area contributed by atoms with E-state index >= 15 is 0 Å². The molecule has 1 aliphatic heterocycles. The van der Waals surface area contributed by atoms with E-state index in [2.05, 4.69) is 10.4 Å². The summed E-state index contributed by atoms with van der Waals surface area (Å²) in [6.45, 7) is 2.99. The predicted molar refractivity (Wildman–Crippen MR) is 60.7 cm³/mol. The maximum absolute atomic E-state index is 13.4. The topological polar surface area (TPSA) is 29.9 Å². The van der Waals surface area contributed by atoms with E-state index in [1.54, 1.807) is 12.3 Å². The third kappa shape index (κ3) is 1.59. The van der Waals surface area contributed by atoms with Crippen molar-refractivity contribution in [2.24, 2.45) is 5.92 Å². The first-order chi connectivity index (χ1) is 7.84. The van der Waals surface area contributed by atoms with Crippen LogP contribution in [-0.2, 0) is 6.54 Å². The van der Waals surface area contributed by atoms with E-state index in [1.807, 2.05) is 10.7 Å². The largest absolute Gasteiger partial charge is 0.316 e. The zero-order valence-corrected chi connectivity index (χ0v) is 8.99. The number of fused-ring (bicyclic) bond motifs is 1. The van der Waals surface area contributed by atoms with E-state index in [4.69, 9.17) is 0 Å². The van der Waals surface area contributed by atoms with Crippen LogP contribution < -0.4 is 5.32 Å². The Kier molecular flexibility index (Phi) is 2.36. The molecule has 0 aliphatic carbocycles. The molecule has 0 saturated carbocycles. The fourth-order valence-corrected chi connectivity index (χ4v) is 2.33. The Morgan fingerprint density at radius 2 is 2.44 bits per heavy atom. The lowest BCUT2D eigenvalue weighted by molar-refractivity contribution is 0.459. The highest BCUT2D eigenvalue weighted by molar-refractivity contribution is 5.79. The number of hydrogen-bond donors (Lipinski definition) is 1. The molecule has 1 aliphatic rings. The molecular formula is C12H14FN3. The summed E-state index contributed by atoms with van der Waals surface area (Å²) in [4.78, 5) is 0. The van der Waals surface area contributed by atoms with Gasteiger partial charge in [-0.25, -0.2) is 4.39 Å². The normalized spacial score (nSPS) is 20.7. The average molecular weight is 219 g/mol. The van der Waals surface area contributed by atoms with Gasteiger partial charge in [0.15, 0.2) is 0 Å². The Bertz CT molecular complexity index is 500. The highest BCUT2D eigenvalue weighted by atomic mass is 19.1. The van der Waals surface area contributed by atoms with Gasteiger partial charge in [-0.1, -0.05) is 6.07 Å². The maximum atomic E-state index is 13.4. The molecule has 1 saturated heterocycles. The minimum atomic E-state index is -0.187. The zero-order chi connectivity index (χ0) is 11.0. The van der Waals surface area contributed by atoms with Gasteiger partial charge in [0.25, 0.3) is 0 Å². The Hall–Kier alpha value is -1.42. The molecule has 0 amide bonds. The summed E-state index contributed by atoms with van der Waals surface area (Å²) in [6.07, 6.45) is 2.80. The van der Waals surface area contributed by atoms with Gasteiger partial charge in [-0.05, 0) is 37.6 Å². The number of hydrogen-bond acceptors (Lipinski definition) is 2. The monoisotopic (exact) mass is 219 g/mol. The van der Waals surface area contributed by atoms with Gasteiger partial charge in [0.2, 0.25) is 0 Å². The van der Waals surface area contributed by atoms with Gasteiger partial charge >= 0.3 is 0 Å². The number of aromatic nitrogens is 2. The van der Waals surface area contributed by atoms with Crippen LogP contribution in [0.25, 0.3) is 10.9 Å². The molecule has 3 rings (SSSR count). The summed E-state index contributed by atoms with van der Waals surface area (Å²) in [7, 11) is 0. The van der Waals surface area contributed by atoms with E-state index in [9.17, 15) is 4.39 Å². The van der Waals surface area contributed by atoms with E-state index in [0.717, 1.165) is 25.2 Å². The summed E-state index contributed by atoms with van der Waals surface area (Å²) in [5.41, 5.74) is 0.895. The first-order valence-electron chi connectivity index (χ1n) is 5.65. The highest BCUT2D eigenvalue weighted by Gasteiger charge is 2.16. The molecule has 1 aromatic carbocycles. The van der Waals surface area contributed by atoms with Crippen molar-refractivity contribution in [3.63, 3.8) is 0 Å². The molecule has 3 nitrogen and oxygen atoms in total. The molecule has 1 atom stereocenters. The molecule has 4 heteroatoms. The molecule has 2 heterocycles. The van der Waals surface area contributed by atoms with Gasteiger partial charge in [0.05, 0.1) is 17.1 Å². The highest BCUT2D eigenvalue weighted by Crippen LogP contribution is 2.19. The lowest BCUT2D eigenvalue weighted by Gasteiger charge is -2.09. The molecule has 1 aromatic heterocycles. The molecule has 16 heavy (non-hydrogen) atoms. The summed E-state index contributed by atoms with van der Waals surface area (Å²) in [6, 6.07) is 5.14. The number of nitrogens with one attached hydrogen (secondary N) is 1. The second-order valence-corrected chi connectivity index (χ2v) is 4.36. The first-order valence-corrected chi connectivity index (χ1v) is 5.65. The van der Waals surface area contributed by atoms with Gasteiger partial charge in [-0.2, -0.15) is 5.10 Å². The van der Waals surface area contributed by atoms with Crippen molar-refractivity contribution in [3.8, 4) is 0 Å². The molecular weight excluding hydrogens is 205 g/mol. The van der Waals surface area contributed by atoms with Crippen molar-refractivity contribution in [1.82, 2.24) is 15.1 Å². The van der Waals surface area contributed by atoms with Crippen LogP contribution in [0.2, 0.25) is 0 Å². The van der Waals surface area contributed by atoms with Crippen molar-refractivity contribution in [2.45, 2.75) is 13.0 Å². The van der Waals surface area contributed by atoms with Gasteiger partial charge in [0.1, 0.15) is 5.82 Å². The molecule has 0 radical (unpaired) electrons. The number of rotatable bonds is 2. The minimum Gasteiger partial charge on any atom is -0.316 e. The maximum Gasteiger partial charge on any atom is 0.134 e. The molecule has 1 N–H and O–H groups in total. The van der Waals surface area contributed by atoms with Gasteiger partial charge in [0, 0.05) is 6.54 Å². The molecule has 0 bridgehead atoms. The third-order valence-corrected chi connectivity index (χ3v) is 3.23. The predicted octanol–water partition coefficient (Wildman–Crippen LogP) is 1.78. The van der Waals surface area contributed by atoms with E-state index < -0.39 is 0 Å². The summed E-state index contributed by atoms with van der Waals surface area (Å²) in [5, 5.41) is 8.22. The van der Waals surface area contributed by atoms with E-state index in [-0.39, 0.29) is 5.82 Å². The van der Waals surface area contributed by atoms with Crippen molar-refractivity contribution in [2.75, 3.05) is 13.1 Å². The lowest BCUT2D eigenvalue weighted by atomic mass is 10.1. The number of benzene rings is 1. The standard InChI is InChI=1S/C12H14FN3/c13-11-2-1-3-12-10(11)7-15-16(12)8-9-4-5-14-6-9/h1-3,7,9,14H,4-6,8H2. The van der Waals surface area contributed by atoms with Gasteiger partial charge in [-0.15, -0.1) is 0 Å². The molecule has 0 spiro atoms. The van der Waals surface area contributed by atoms with Gasteiger partial charge < -0.3 is 5.32 Å². The average Bonchev–Trinajstić information content (AvgIpc) is 2.90.